The van der Waals surface area contributed by atoms with Gasteiger partial charge in [0.25, 0.3) is 0 Å². The van der Waals surface area contributed by atoms with Gasteiger partial charge in [-0.3, -0.25) is 4.79 Å². The van der Waals surface area contributed by atoms with Crippen molar-refractivity contribution in [3.8, 4) is 0 Å². The van der Waals surface area contributed by atoms with Gasteiger partial charge in [0.1, 0.15) is 0 Å². The second kappa shape index (κ2) is 6.14. The summed E-state index contributed by atoms with van der Waals surface area (Å²) in [5, 5.41) is 0. The van der Waals surface area contributed by atoms with Crippen molar-refractivity contribution in [3.63, 3.8) is 0 Å². The number of carbonyl (C=O) groups is 1. The Hall–Kier alpha value is -0.530. The number of rotatable bonds is 5. The fourth-order valence-corrected chi connectivity index (χ4v) is 2.00. The molecule has 0 spiro atoms. The molecule has 0 saturated heterocycles. The summed E-state index contributed by atoms with van der Waals surface area (Å²) in [6, 6.07) is 0. The third kappa shape index (κ3) is 7.40. The van der Waals surface area contributed by atoms with Gasteiger partial charge < -0.3 is 4.74 Å². The van der Waals surface area contributed by atoms with E-state index in [1.165, 1.54) is 13.5 Å². The maximum absolute atomic E-state index is 11.2. The number of methoxy groups -OCH3 is 1. The first kappa shape index (κ1) is 14.5. The van der Waals surface area contributed by atoms with Crippen LogP contribution < -0.4 is 0 Å². The zero-order chi connectivity index (χ0) is 12.1. The molecule has 0 rings (SSSR count). The first-order valence-electron chi connectivity index (χ1n) is 5.84. The fourth-order valence-electron chi connectivity index (χ4n) is 2.00. The molecule has 15 heavy (non-hydrogen) atoms. The van der Waals surface area contributed by atoms with Crippen molar-refractivity contribution in [2.24, 2.45) is 17.3 Å². The Kier molecular flexibility index (Phi) is 5.92. The molecule has 0 radical (unpaired) electrons. The lowest BCUT2D eigenvalue weighted by Gasteiger charge is -2.23. The molecule has 0 aromatic rings. The van der Waals surface area contributed by atoms with Gasteiger partial charge in [-0.1, -0.05) is 34.6 Å². The zero-order valence-corrected chi connectivity index (χ0v) is 11.1. The number of hydrogen-bond donors (Lipinski definition) is 0. The highest BCUT2D eigenvalue weighted by atomic mass is 16.5. The summed E-state index contributed by atoms with van der Waals surface area (Å²) >= 11 is 0. The van der Waals surface area contributed by atoms with E-state index in [9.17, 15) is 4.79 Å². The first-order valence-corrected chi connectivity index (χ1v) is 5.84. The van der Waals surface area contributed by atoms with Crippen LogP contribution >= 0.6 is 0 Å². The number of carbonyl (C=O) groups excluding carboxylic acids is 1. The van der Waals surface area contributed by atoms with Gasteiger partial charge in [-0.2, -0.15) is 0 Å². The largest absolute Gasteiger partial charge is 0.469 e. The van der Waals surface area contributed by atoms with E-state index >= 15 is 0 Å². The Morgan fingerprint density at radius 3 is 2.13 bits per heavy atom. The lowest BCUT2D eigenvalue weighted by Crippen LogP contribution is -2.16. The lowest BCUT2D eigenvalue weighted by molar-refractivity contribution is -0.145. The monoisotopic (exact) mass is 214 g/mol. The minimum atomic E-state index is -0.0852. The van der Waals surface area contributed by atoms with Gasteiger partial charge in [0.2, 0.25) is 0 Å². The van der Waals surface area contributed by atoms with Crippen LogP contribution in [0, 0.1) is 17.3 Å². The Labute approximate surface area is 94.4 Å². The second-order valence-corrected chi connectivity index (χ2v) is 5.87. The van der Waals surface area contributed by atoms with E-state index in [0.29, 0.717) is 11.3 Å². The van der Waals surface area contributed by atoms with Gasteiger partial charge >= 0.3 is 5.97 Å². The molecule has 0 aliphatic heterocycles. The average Bonchev–Trinajstić information content (AvgIpc) is 2.10. The van der Waals surface area contributed by atoms with Crippen LogP contribution in [0.15, 0.2) is 0 Å². The molecular weight excluding hydrogens is 188 g/mol. The van der Waals surface area contributed by atoms with E-state index < -0.39 is 0 Å². The molecule has 0 N–H and O–H groups in total. The normalized spacial score (nSPS) is 15.9. The molecule has 90 valence electrons. The smallest absolute Gasteiger partial charge is 0.308 e. The van der Waals surface area contributed by atoms with Crippen molar-refractivity contribution in [1.29, 1.82) is 0 Å². The van der Waals surface area contributed by atoms with E-state index in [1.807, 2.05) is 6.92 Å². The molecule has 2 atom stereocenters. The first-order chi connectivity index (χ1) is 6.76. The third-order valence-electron chi connectivity index (χ3n) is 2.66. The van der Waals surface area contributed by atoms with Gasteiger partial charge in [-0.15, -0.1) is 0 Å². The topological polar surface area (TPSA) is 26.3 Å². The maximum atomic E-state index is 11.2. The molecule has 0 aromatic heterocycles. The van der Waals surface area contributed by atoms with Crippen molar-refractivity contribution < 1.29 is 9.53 Å². The van der Waals surface area contributed by atoms with Crippen molar-refractivity contribution in [2.75, 3.05) is 7.11 Å². The Morgan fingerprint density at radius 1 is 1.20 bits per heavy atom. The average molecular weight is 214 g/mol. The summed E-state index contributed by atoms with van der Waals surface area (Å²) in [4.78, 5) is 11.2. The van der Waals surface area contributed by atoms with Crippen molar-refractivity contribution >= 4 is 5.97 Å². The minimum absolute atomic E-state index is 0.0393. The van der Waals surface area contributed by atoms with Crippen molar-refractivity contribution in [1.82, 2.24) is 0 Å². The molecule has 2 heteroatoms. The molecule has 0 saturated carbocycles. The van der Waals surface area contributed by atoms with Gasteiger partial charge in [0, 0.05) is 0 Å². The Bertz CT molecular complexity index is 191. The van der Waals surface area contributed by atoms with Gasteiger partial charge in [-0.05, 0) is 30.6 Å². The summed E-state index contributed by atoms with van der Waals surface area (Å²) in [5.41, 5.74) is 0.383. The molecule has 0 bridgehead atoms. The van der Waals surface area contributed by atoms with E-state index in [4.69, 9.17) is 4.74 Å². The van der Waals surface area contributed by atoms with Crippen LogP contribution in [-0.4, -0.2) is 13.1 Å². The Morgan fingerprint density at radius 2 is 1.73 bits per heavy atom. The van der Waals surface area contributed by atoms with Crippen LogP contribution in [0.1, 0.15) is 53.9 Å². The van der Waals surface area contributed by atoms with Crippen LogP contribution in [0.2, 0.25) is 0 Å². The predicted octanol–water partition coefficient (Wildman–Crippen LogP) is 3.65. The summed E-state index contributed by atoms with van der Waals surface area (Å²) < 4.78 is 4.71. The highest BCUT2D eigenvalue weighted by Crippen LogP contribution is 2.27. The molecule has 0 heterocycles. The molecule has 0 aliphatic carbocycles. The van der Waals surface area contributed by atoms with Crippen LogP contribution in [0.3, 0.4) is 0 Å². The van der Waals surface area contributed by atoms with Gasteiger partial charge in [0.05, 0.1) is 13.0 Å². The summed E-state index contributed by atoms with van der Waals surface area (Å²) in [6.07, 6.45) is 3.25. The molecular formula is C13H26O2. The second-order valence-electron chi connectivity index (χ2n) is 5.87. The van der Waals surface area contributed by atoms with E-state index in [0.717, 1.165) is 12.8 Å². The molecule has 0 fully saturated rings. The highest BCUT2D eigenvalue weighted by Gasteiger charge is 2.18. The SMILES string of the molecule is COC(=O)C(C)CCC(C)CC(C)(C)C. The summed E-state index contributed by atoms with van der Waals surface area (Å²) in [5.74, 6) is 0.632. The summed E-state index contributed by atoms with van der Waals surface area (Å²) in [7, 11) is 1.46. The van der Waals surface area contributed by atoms with Crippen LogP contribution in [0.25, 0.3) is 0 Å². The maximum Gasteiger partial charge on any atom is 0.308 e. The van der Waals surface area contributed by atoms with Crippen LogP contribution in [0.5, 0.6) is 0 Å². The number of hydrogen-bond acceptors (Lipinski definition) is 2. The van der Waals surface area contributed by atoms with Gasteiger partial charge in [-0.25, -0.2) is 0 Å². The van der Waals surface area contributed by atoms with E-state index in [-0.39, 0.29) is 11.9 Å². The Balaban J connectivity index is 3.81. The lowest BCUT2D eigenvalue weighted by atomic mass is 9.83. The molecule has 0 amide bonds. The molecule has 0 aliphatic rings. The van der Waals surface area contributed by atoms with Gasteiger partial charge in [0.15, 0.2) is 0 Å². The molecule has 2 nitrogen and oxygen atoms in total. The highest BCUT2D eigenvalue weighted by molar-refractivity contribution is 5.71. The molecule has 2 unspecified atom stereocenters. The fraction of sp³-hybridized carbons (Fsp3) is 0.923. The quantitative estimate of drug-likeness (QED) is 0.653. The minimum Gasteiger partial charge on any atom is -0.469 e. The van der Waals surface area contributed by atoms with Crippen molar-refractivity contribution in [3.05, 3.63) is 0 Å². The van der Waals surface area contributed by atoms with Crippen molar-refractivity contribution in [2.45, 2.75) is 53.9 Å². The van der Waals surface area contributed by atoms with Crippen LogP contribution in [-0.2, 0) is 9.53 Å². The van der Waals surface area contributed by atoms with E-state index in [1.54, 1.807) is 0 Å². The van der Waals surface area contributed by atoms with Crippen LogP contribution in [0.4, 0.5) is 0 Å². The molecule has 0 aromatic carbocycles. The standard InChI is InChI=1S/C13H26O2/c1-10(9-13(3,4)5)7-8-11(2)12(14)15-6/h10-11H,7-9H2,1-6H3. The number of esters is 1. The zero-order valence-electron chi connectivity index (χ0n) is 11.1. The van der Waals surface area contributed by atoms with E-state index in [2.05, 4.69) is 27.7 Å². The number of ether oxygens (including phenoxy) is 1. The summed E-state index contributed by atoms with van der Waals surface area (Å²) in [6.45, 7) is 11.0. The third-order valence-corrected chi connectivity index (χ3v) is 2.66. The predicted molar refractivity (Wildman–Crippen MR) is 63.7 cm³/mol.